The number of aromatic nitrogens is 4. The zero-order valence-electron chi connectivity index (χ0n) is 18.3. The molecule has 2 aromatic heterocycles. The van der Waals surface area contributed by atoms with Crippen molar-refractivity contribution >= 4 is 22.5 Å². The molecule has 0 saturated heterocycles. The number of hydrogen-bond donors (Lipinski definition) is 2. The number of nitrogens with zero attached hydrogens (tertiary/aromatic N) is 3. The van der Waals surface area contributed by atoms with Gasteiger partial charge in [0.25, 0.3) is 0 Å². The number of halogens is 3. The van der Waals surface area contributed by atoms with Crippen LogP contribution in [0, 0.1) is 0 Å². The molecule has 10 heteroatoms. The number of pyridine rings is 1. The lowest BCUT2D eigenvalue weighted by atomic mass is 10.2. The lowest BCUT2D eigenvalue weighted by Gasteiger charge is -2.10. The SMILES string of the molecule is COc1ccc2nccc(Oc3ccc(-c4nc(Nc5cccc(C(F)(F)F)c5)n[nH]4)cc3)c2c1. The first-order chi connectivity index (χ1) is 16.9. The van der Waals surface area contributed by atoms with E-state index in [-0.39, 0.29) is 11.6 Å². The summed E-state index contributed by atoms with van der Waals surface area (Å²) in [6, 6.07) is 19.3. The Hall–Kier alpha value is -4.60. The van der Waals surface area contributed by atoms with Crippen LogP contribution in [0.25, 0.3) is 22.3 Å². The van der Waals surface area contributed by atoms with Crippen LogP contribution in [0.4, 0.5) is 24.8 Å². The number of hydrogen-bond acceptors (Lipinski definition) is 6. The number of fused-ring (bicyclic) bond motifs is 1. The fourth-order valence-electron chi connectivity index (χ4n) is 3.47. The normalized spacial score (nSPS) is 11.4. The molecular formula is C25H18F3N5O2. The molecule has 2 N–H and O–H groups in total. The Bertz CT molecular complexity index is 1480. The van der Waals surface area contributed by atoms with Gasteiger partial charge in [-0.15, -0.1) is 5.10 Å². The maximum atomic E-state index is 12.9. The largest absolute Gasteiger partial charge is 0.497 e. The molecule has 5 aromatic rings. The van der Waals surface area contributed by atoms with Crippen molar-refractivity contribution in [2.24, 2.45) is 0 Å². The van der Waals surface area contributed by atoms with E-state index in [0.29, 0.717) is 23.1 Å². The number of methoxy groups -OCH3 is 1. The highest BCUT2D eigenvalue weighted by molar-refractivity contribution is 5.86. The lowest BCUT2D eigenvalue weighted by molar-refractivity contribution is -0.137. The summed E-state index contributed by atoms with van der Waals surface area (Å²) in [7, 11) is 1.60. The van der Waals surface area contributed by atoms with Gasteiger partial charge in [0.1, 0.15) is 17.2 Å². The van der Waals surface area contributed by atoms with Gasteiger partial charge in [-0.1, -0.05) is 6.07 Å². The van der Waals surface area contributed by atoms with Gasteiger partial charge in [-0.3, -0.25) is 10.1 Å². The number of rotatable bonds is 6. The van der Waals surface area contributed by atoms with Gasteiger partial charge in [0.05, 0.1) is 18.2 Å². The van der Waals surface area contributed by atoms with E-state index in [9.17, 15) is 13.2 Å². The predicted molar refractivity (Wildman–Crippen MR) is 125 cm³/mol. The van der Waals surface area contributed by atoms with Crippen LogP contribution in [0.1, 0.15) is 5.56 Å². The molecule has 5 rings (SSSR count). The molecule has 0 saturated carbocycles. The van der Waals surface area contributed by atoms with Crippen molar-refractivity contribution in [2.75, 3.05) is 12.4 Å². The van der Waals surface area contributed by atoms with Crippen molar-refractivity contribution in [1.29, 1.82) is 0 Å². The fourth-order valence-corrected chi connectivity index (χ4v) is 3.47. The average Bonchev–Trinajstić information content (AvgIpc) is 3.32. The number of aromatic amines is 1. The van der Waals surface area contributed by atoms with Crippen LogP contribution in [0.15, 0.2) is 79.0 Å². The molecule has 0 bridgehead atoms. The third-order valence-corrected chi connectivity index (χ3v) is 5.20. The van der Waals surface area contributed by atoms with Crippen LogP contribution >= 0.6 is 0 Å². The Morgan fingerprint density at radius 2 is 1.71 bits per heavy atom. The molecule has 0 radical (unpaired) electrons. The second kappa shape index (κ2) is 8.98. The minimum absolute atomic E-state index is 0.150. The van der Waals surface area contributed by atoms with Crippen LogP contribution in [0.5, 0.6) is 17.2 Å². The second-order valence-electron chi connectivity index (χ2n) is 7.53. The van der Waals surface area contributed by atoms with E-state index >= 15 is 0 Å². The van der Waals surface area contributed by atoms with Crippen molar-refractivity contribution < 1.29 is 22.6 Å². The molecule has 3 aromatic carbocycles. The van der Waals surface area contributed by atoms with E-state index in [1.165, 1.54) is 12.1 Å². The second-order valence-corrected chi connectivity index (χ2v) is 7.53. The van der Waals surface area contributed by atoms with Gasteiger partial charge in [0.15, 0.2) is 5.82 Å². The molecule has 7 nitrogen and oxygen atoms in total. The van der Waals surface area contributed by atoms with Gasteiger partial charge in [-0.2, -0.15) is 18.2 Å². The van der Waals surface area contributed by atoms with Crippen LogP contribution < -0.4 is 14.8 Å². The van der Waals surface area contributed by atoms with E-state index in [1.54, 1.807) is 43.6 Å². The van der Waals surface area contributed by atoms with Crippen molar-refractivity contribution in [3.05, 3.63) is 84.6 Å². The van der Waals surface area contributed by atoms with Gasteiger partial charge >= 0.3 is 6.18 Å². The van der Waals surface area contributed by atoms with Gasteiger partial charge < -0.3 is 14.8 Å². The summed E-state index contributed by atoms with van der Waals surface area (Å²) in [5.41, 5.74) is 0.982. The van der Waals surface area contributed by atoms with Crippen molar-refractivity contribution in [3.8, 4) is 28.6 Å². The highest BCUT2D eigenvalue weighted by Gasteiger charge is 2.30. The van der Waals surface area contributed by atoms with Crippen molar-refractivity contribution in [3.63, 3.8) is 0 Å². The fraction of sp³-hybridized carbons (Fsp3) is 0.0800. The molecule has 0 aliphatic carbocycles. The minimum Gasteiger partial charge on any atom is -0.497 e. The number of ether oxygens (including phenoxy) is 2. The topological polar surface area (TPSA) is 84.9 Å². The predicted octanol–water partition coefficient (Wildman–Crippen LogP) is 6.58. The van der Waals surface area contributed by atoms with E-state index in [1.807, 2.05) is 18.2 Å². The Morgan fingerprint density at radius 1 is 0.914 bits per heavy atom. The van der Waals surface area contributed by atoms with Crippen molar-refractivity contribution in [2.45, 2.75) is 6.18 Å². The zero-order valence-corrected chi connectivity index (χ0v) is 18.3. The Morgan fingerprint density at radius 3 is 2.49 bits per heavy atom. The summed E-state index contributed by atoms with van der Waals surface area (Å²) in [6.07, 6.45) is -2.76. The van der Waals surface area contributed by atoms with E-state index in [0.717, 1.165) is 28.6 Å². The summed E-state index contributed by atoms with van der Waals surface area (Å²) in [6.45, 7) is 0. The first-order valence-corrected chi connectivity index (χ1v) is 10.5. The number of benzene rings is 3. The molecule has 0 fully saturated rings. The summed E-state index contributed by atoms with van der Waals surface area (Å²) >= 11 is 0. The van der Waals surface area contributed by atoms with E-state index in [2.05, 4.69) is 25.5 Å². The van der Waals surface area contributed by atoms with Gasteiger partial charge in [-0.25, -0.2) is 0 Å². The van der Waals surface area contributed by atoms with E-state index in [4.69, 9.17) is 9.47 Å². The maximum absolute atomic E-state index is 12.9. The molecule has 0 unspecified atom stereocenters. The van der Waals surface area contributed by atoms with Crippen LogP contribution in [0.2, 0.25) is 0 Å². The first-order valence-electron chi connectivity index (χ1n) is 10.5. The van der Waals surface area contributed by atoms with Crippen molar-refractivity contribution in [1.82, 2.24) is 20.2 Å². The summed E-state index contributed by atoms with van der Waals surface area (Å²) in [5, 5.41) is 10.4. The van der Waals surface area contributed by atoms with Gasteiger partial charge in [0, 0.05) is 22.8 Å². The molecule has 0 amide bonds. The smallest absolute Gasteiger partial charge is 0.416 e. The third-order valence-electron chi connectivity index (χ3n) is 5.20. The molecular weight excluding hydrogens is 459 g/mol. The highest BCUT2D eigenvalue weighted by Crippen LogP contribution is 2.33. The standard InChI is InChI=1S/C25H18F3N5O2/c1-34-19-9-10-21-20(14-19)22(11-12-29-21)35-18-7-5-15(6-8-18)23-31-24(33-32-23)30-17-4-2-3-16(13-17)25(26,27)28/h2-14H,1H3,(H2,30,31,32,33). The monoisotopic (exact) mass is 477 g/mol. The molecule has 176 valence electrons. The number of alkyl halides is 3. The van der Waals surface area contributed by atoms with E-state index < -0.39 is 11.7 Å². The summed E-state index contributed by atoms with van der Waals surface area (Å²) in [4.78, 5) is 8.66. The Kier molecular flexibility index (Phi) is 5.69. The zero-order chi connectivity index (χ0) is 24.4. The highest BCUT2D eigenvalue weighted by atomic mass is 19.4. The van der Waals surface area contributed by atoms with Gasteiger partial charge in [0.2, 0.25) is 5.95 Å². The molecule has 0 aliphatic heterocycles. The molecule has 0 aliphatic rings. The molecule has 0 spiro atoms. The maximum Gasteiger partial charge on any atom is 0.416 e. The molecule has 2 heterocycles. The molecule has 35 heavy (non-hydrogen) atoms. The Balaban J connectivity index is 1.32. The van der Waals surface area contributed by atoms with Crippen LogP contribution in [0.3, 0.4) is 0 Å². The molecule has 0 atom stereocenters. The Labute approximate surface area is 197 Å². The third kappa shape index (κ3) is 4.86. The summed E-state index contributed by atoms with van der Waals surface area (Å²) in [5.74, 6) is 2.53. The number of nitrogens with one attached hydrogen (secondary N) is 2. The summed E-state index contributed by atoms with van der Waals surface area (Å²) < 4.78 is 50.1. The van der Waals surface area contributed by atoms with Crippen LogP contribution in [-0.2, 0) is 6.18 Å². The lowest BCUT2D eigenvalue weighted by Crippen LogP contribution is -2.05. The number of H-pyrrole nitrogens is 1. The average molecular weight is 477 g/mol. The first kappa shape index (κ1) is 22.2. The minimum atomic E-state index is -4.43. The quantitative estimate of drug-likeness (QED) is 0.287. The number of anilines is 2. The van der Waals surface area contributed by atoms with Crippen LogP contribution in [-0.4, -0.2) is 27.3 Å². The van der Waals surface area contributed by atoms with Gasteiger partial charge in [-0.05, 0) is 66.7 Å².